The smallest absolute Gasteiger partial charge is 0.306 e. The van der Waals surface area contributed by atoms with Crippen molar-refractivity contribution in [2.45, 2.75) is 26.2 Å². The van der Waals surface area contributed by atoms with Crippen molar-refractivity contribution in [3.63, 3.8) is 0 Å². The monoisotopic (exact) mass is 188 g/mol. The molecule has 0 amide bonds. The normalized spacial score (nSPS) is 12.1. The fraction of sp³-hybridized carbons (Fsp3) is 0.625. The van der Waals surface area contributed by atoms with Gasteiger partial charge in [0.05, 0.1) is 12.3 Å². The van der Waals surface area contributed by atoms with Gasteiger partial charge in [0.15, 0.2) is 0 Å². The van der Waals surface area contributed by atoms with Crippen LogP contribution in [0, 0.1) is 5.92 Å². The fourth-order valence-electron chi connectivity index (χ4n) is 0.777. The van der Waals surface area contributed by atoms with Crippen LogP contribution in [0.5, 0.6) is 0 Å². The molecule has 2 N–H and O–H groups in total. The lowest BCUT2D eigenvalue weighted by Gasteiger charge is -2.03. The second-order valence-corrected chi connectivity index (χ2v) is 2.88. The number of carboxylic acid groups (broad SMARTS) is 2. The van der Waals surface area contributed by atoms with Crippen LogP contribution in [0.25, 0.3) is 0 Å². The molecule has 0 aromatic heterocycles. The maximum Gasteiger partial charge on any atom is 0.306 e. The van der Waals surface area contributed by atoms with E-state index in [1.165, 1.54) is 6.92 Å². The van der Waals surface area contributed by atoms with Gasteiger partial charge >= 0.3 is 11.9 Å². The maximum atomic E-state index is 10.9. The third-order valence-electron chi connectivity index (χ3n) is 1.57. The molecule has 0 radical (unpaired) electrons. The van der Waals surface area contributed by atoms with Crippen LogP contribution in [0.3, 0.4) is 0 Å². The topological polar surface area (TPSA) is 91.7 Å². The van der Waals surface area contributed by atoms with Crippen molar-refractivity contribution in [2.75, 3.05) is 0 Å². The van der Waals surface area contributed by atoms with E-state index >= 15 is 0 Å². The van der Waals surface area contributed by atoms with Gasteiger partial charge in [0.25, 0.3) is 0 Å². The Morgan fingerprint density at radius 1 is 1.15 bits per heavy atom. The highest BCUT2D eigenvalue weighted by molar-refractivity contribution is 5.85. The Balaban J connectivity index is 3.74. The van der Waals surface area contributed by atoms with Crippen molar-refractivity contribution in [3.05, 3.63) is 0 Å². The van der Waals surface area contributed by atoms with Gasteiger partial charge in [-0.25, -0.2) is 0 Å². The van der Waals surface area contributed by atoms with Gasteiger partial charge < -0.3 is 10.2 Å². The van der Waals surface area contributed by atoms with Crippen LogP contribution in [-0.2, 0) is 14.4 Å². The molecular formula is C8H12O5. The molecule has 0 aromatic carbocycles. The number of carboxylic acids is 2. The first-order chi connectivity index (χ1) is 5.93. The van der Waals surface area contributed by atoms with Gasteiger partial charge in [0, 0.05) is 12.8 Å². The second kappa shape index (κ2) is 5.29. The third kappa shape index (κ3) is 5.84. The Hall–Kier alpha value is -1.39. The summed E-state index contributed by atoms with van der Waals surface area (Å²) in [5.41, 5.74) is 0. The molecule has 0 rings (SSSR count). The molecule has 0 aliphatic heterocycles. The molecule has 0 spiro atoms. The largest absolute Gasteiger partial charge is 0.481 e. The van der Waals surface area contributed by atoms with E-state index in [1.54, 1.807) is 0 Å². The van der Waals surface area contributed by atoms with Crippen LogP contribution >= 0.6 is 0 Å². The molecule has 0 saturated heterocycles. The predicted molar refractivity (Wildman–Crippen MR) is 43.3 cm³/mol. The fourth-order valence-corrected chi connectivity index (χ4v) is 0.777. The van der Waals surface area contributed by atoms with Crippen molar-refractivity contribution in [3.8, 4) is 0 Å². The van der Waals surface area contributed by atoms with Crippen LogP contribution in [0.4, 0.5) is 0 Å². The lowest BCUT2D eigenvalue weighted by atomic mass is 10.0. The number of hydrogen-bond acceptors (Lipinski definition) is 3. The van der Waals surface area contributed by atoms with E-state index in [-0.39, 0.29) is 25.0 Å². The zero-order chi connectivity index (χ0) is 10.4. The van der Waals surface area contributed by atoms with Crippen LogP contribution in [0.1, 0.15) is 26.2 Å². The molecular weight excluding hydrogens is 176 g/mol. The zero-order valence-electron chi connectivity index (χ0n) is 7.32. The molecule has 1 atom stereocenters. The molecule has 0 heterocycles. The average Bonchev–Trinajstić information content (AvgIpc) is 2.00. The molecule has 0 aliphatic rings. The lowest BCUT2D eigenvalue weighted by Crippen LogP contribution is -2.15. The van der Waals surface area contributed by atoms with Crippen LogP contribution in [-0.4, -0.2) is 27.9 Å². The summed E-state index contributed by atoms with van der Waals surface area (Å²) in [7, 11) is 0. The van der Waals surface area contributed by atoms with E-state index in [2.05, 4.69) is 0 Å². The van der Waals surface area contributed by atoms with Gasteiger partial charge in [-0.2, -0.15) is 0 Å². The molecule has 0 aliphatic carbocycles. The van der Waals surface area contributed by atoms with Crippen LogP contribution in [0.15, 0.2) is 0 Å². The van der Waals surface area contributed by atoms with Crippen molar-refractivity contribution >= 4 is 17.7 Å². The summed E-state index contributed by atoms with van der Waals surface area (Å²) in [6, 6.07) is 0. The van der Waals surface area contributed by atoms with E-state index in [9.17, 15) is 14.4 Å². The first kappa shape index (κ1) is 11.6. The highest BCUT2D eigenvalue weighted by Gasteiger charge is 2.15. The molecule has 0 bridgehead atoms. The van der Waals surface area contributed by atoms with E-state index in [0.717, 1.165) is 0 Å². The minimum Gasteiger partial charge on any atom is -0.481 e. The summed E-state index contributed by atoms with van der Waals surface area (Å²) in [5, 5.41) is 16.7. The number of Topliss-reactive ketones (excluding diaryl/α,β-unsaturated/α-hetero) is 1. The highest BCUT2D eigenvalue weighted by Crippen LogP contribution is 2.05. The Bertz CT molecular complexity index is 221. The van der Waals surface area contributed by atoms with E-state index in [0.29, 0.717) is 0 Å². The molecule has 5 heteroatoms. The van der Waals surface area contributed by atoms with E-state index in [4.69, 9.17) is 10.2 Å². The van der Waals surface area contributed by atoms with Crippen molar-refractivity contribution in [1.82, 2.24) is 0 Å². The Kier molecular flexibility index (Phi) is 4.72. The van der Waals surface area contributed by atoms with Gasteiger partial charge in [0.2, 0.25) is 0 Å². The minimum atomic E-state index is -1.05. The quantitative estimate of drug-likeness (QED) is 0.634. The molecule has 0 fully saturated rings. The van der Waals surface area contributed by atoms with Crippen molar-refractivity contribution in [2.24, 2.45) is 5.92 Å². The number of aliphatic carboxylic acids is 2. The Labute approximate surface area is 75.4 Å². The summed E-state index contributed by atoms with van der Waals surface area (Å²) in [6.07, 6.45) is -0.416. The zero-order valence-corrected chi connectivity index (χ0v) is 7.32. The minimum absolute atomic E-state index is 0.0903. The standard InChI is InChI=1S/C8H12O5/c1-5(8(12)13)4-6(9)2-3-7(10)11/h5H,2-4H2,1H3,(H,10,11)(H,12,13). The number of carbonyl (C=O) groups is 3. The average molecular weight is 188 g/mol. The number of ketones is 1. The maximum absolute atomic E-state index is 10.9. The van der Waals surface area contributed by atoms with Crippen molar-refractivity contribution < 1.29 is 24.6 Å². The molecule has 13 heavy (non-hydrogen) atoms. The van der Waals surface area contributed by atoms with Gasteiger partial charge in [-0.3, -0.25) is 14.4 Å². The van der Waals surface area contributed by atoms with Crippen molar-refractivity contribution in [1.29, 1.82) is 0 Å². The number of hydrogen-bond donors (Lipinski definition) is 2. The van der Waals surface area contributed by atoms with Crippen LogP contribution < -0.4 is 0 Å². The first-order valence-corrected chi connectivity index (χ1v) is 3.89. The predicted octanol–water partition coefficient (Wildman–Crippen LogP) is 0.531. The molecule has 5 nitrogen and oxygen atoms in total. The summed E-state index contributed by atoms with van der Waals surface area (Å²) in [6.45, 7) is 1.42. The lowest BCUT2D eigenvalue weighted by molar-refractivity contribution is -0.143. The van der Waals surface area contributed by atoms with Gasteiger partial charge in [-0.1, -0.05) is 6.92 Å². The summed E-state index contributed by atoms with van der Waals surface area (Å²) in [5.74, 6) is -3.14. The first-order valence-electron chi connectivity index (χ1n) is 3.89. The van der Waals surface area contributed by atoms with Gasteiger partial charge in [-0.05, 0) is 0 Å². The third-order valence-corrected chi connectivity index (χ3v) is 1.57. The van der Waals surface area contributed by atoms with Gasteiger partial charge in [0.1, 0.15) is 5.78 Å². The second-order valence-electron chi connectivity index (χ2n) is 2.88. The molecule has 74 valence electrons. The highest BCUT2D eigenvalue weighted by atomic mass is 16.4. The SMILES string of the molecule is CC(CC(=O)CCC(=O)O)C(=O)O. The molecule has 1 unspecified atom stereocenters. The summed E-state index contributed by atoms with van der Waals surface area (Å²) >= 11 is 0. The molecule has 0 aromatic rings. The number of rotatable bonds is 6. The van der Waals surface area contributed by atoms with Gasteiger partial charge in [-0.15, -0.1) is 0 Å². The Morgan fingerprint density at radius 2 is 1.69 bits per heavy atom. The summed E-state index contributed by atoms with van der Waals surface area (Å²) in [4.78, 5) is 31.3. The summed E-state index contributed by atoms with van der Waals surface area (Å²) < 4.78 is 0. The molecule has 0 saturated carbocycles. The van der Waals surface area contributed by atoms with E-state index < -0.39 is 17.9 Å². The Morgan fingerprint density at radius 3 is 2.08 bits per heavy atom. The van der Waals surface area contributed by atoms with E-state index in [1.807, 2.05) is 0 Å². The number of carbonyl (C=O) groups excluding carboxylic acids is 1. The van der Waals surface area contributed by atoms with Crippen LogP contribution in [0.2, 0.25) is 0 Å².